The van der Waals surface area contributed by atoms with Crippen LogP contribution in [0.3, 0.4) is 0 Å². The molecule has 0 amide bonds. The molecule has 0 bridgehead atoms. The number of rotatable bonds is 8. The summed E-state index contributed by atoms with van der Waals surface area (Å²) in [5.74, 6) is -0.622. The molecule has 0 saturated carbocycles. The number of benzene rings is 1. The summed E-state index contributed by atoms with van der Waals surface area (Å²) in [6.45, 7) is 0.818. The van der Waals surface area contributed by atoms with Gasteiger partial charge >= 0.3 is 5.97 Å². The van der Waals surface area contributed by atoms with Crippen molar-refractivity contribution in [2.24, 2.45) is 4.99 Å². The fourth-order valence-electron chi connectivity index (χ4n) is 1.96. The van der Waals surface area contributed by atoms with E-state index in [4.69, 9.17) is 0 Å². The number of carbonyl (C=O) groups is 1. The molecule has 0 fully saturated rings. The average molecular weight is 455 g/mol. The maximum atomic E-state index is 13.5. The van der Waals surface area contributed by atoms with Crippen molar-refractivity contribution in [1.82, 2.24) is 10.6 Å². The van der Waals surface area contributed by atoms with Gasteiger partial charge in [-0.3, -0.25) is 9.79 Å². The molecule has 1 aromatic carbocycles. The summed E-state index contributed by atoms with van der Waals surface area (Å²) < 4.78 is 31.2. The molecule has 1 rings (SSSR count). The Bertz CT molecular complexity index is 542. The van der Waals surface area contributed by atoms with Crippen LogP contribution in [0.4, 0.5) is 8.78 Å². The van der Waals surface area contributed by atoms with Crippen LogP contribution in [-0.4, -0.2) is 32.6 Å². The van der Waals surface area contributed by atoms with Crippen LogP contribution in [0.15, 0.2) is 23.2 Å². The second kappa shape index (κ2) is 12.9. The number of aliphatic imine (C=N–C) groups is 1. The van der Waals surface area contributed by atoms with E-state index in [-0.39, 0.29) is 42.1 Å². The Hall–Kier alpha value is -1.45. The molecule has 8 heteroatoms. The highest BCUT2D eigenvalue weighted by Crippen LogP contribution is 2.09. The molecule has 0 heterocycles. The third-order valence-electron chi connectivity index (χ3n) is 3.26. The number of nitrogens with zero attached hydrogens (tertiary/aromatic N) is 1. The summed E-state index contributed by atoms with van der Waals surface area (Å²) in [5, 5.41) is 6.01. The molecule has 0 aliphatic rings. The molecule has 2 N–H and O–H groups in total. The van der Waals surface area contributed by atoms with Gasteiger partial charge in [0.15, 0.2) is 5.96 Å². The Morgan fingerprint density at radius 3 is 2.62 bits per heavy atom. The van der Waals surface area contributed by atoms with Crippen molar-refractivity contribution in [2.75, 3.05) is 20.7 Å². The summed E-state index contributed by atoms with van der Waals surface area (Å²) in [5.41, 5.74) is 0.242. The number of carbonyl (C=O) groups excluding carboxylic acids is 1. The molecule has 0 aromatic heterocycles. The zero-order chi connectivity index (χ0) is 17.1. The van der Waals surface area contributed by atoms with E-state index in [0.717, 1.165) is 37.5 Å². The van der Waals surface area contributed by atoms with Crippen LogP contribution < -0.4 is 10.6 Å². The SMILES string of the molecule is CN=C(NCCCCCC(=O)OC)NCc1cc(F)ccc1F.I. The molecular formula is C16H24F2IN3O2. The van der Waals surface area contributed by atoms with E-state index in [0.29, 0.717) is 18.9 Å². The van der Waals surface area contributed by atoms with Gasteiger partial charge in [0.1, 0.15) is 11.6 Å². The lowest BCUT2D eigenvalue weighted by atomic mass is 10.2. The van der Waals surface area contributed by atoms with Gasteiger partial charge in [-0.25, -0.2) is 8.78 Å². The monoisotopic (exact) mass is 455 g/mol. The fourth-order valence-corrected chi connectivity index (χ4v) is 1.96. The van der Waals surface area contributed by atoms with Crippen LogP contribution in [0.2, 0.25) is 0 Å². The molecule has 136 valence electrons. The zero-order valence-electron chi connectivity index (χ0n) is 13.9. The minimum Gasteiger partial charge on any atom is -0.469 e. The van der Waals surface area contributed by atoms with Crippen molar-refractivity contribution >= 4 is 35.9 Å². The number of methoxy groups -OCH3 is 1. The number of hydrogen-bond acceptors (Lipinski definition) is 3. The Balaban J connectivity index is 0.00000529. The number of halogens is 3. The topological polar surface area (TPSA) is 62.7 Å². The molecule has 24 heavy (non-hydrogen) atoms. The summed E-state index contributed by atoms with van der Waals surface area (Å²) in [6, 6.07) is 3.34. The lowest BCUT2D eigenvalue weighted by Gasteiger charge is -2.12. The Kier molecular flexibility index (Phi) is 12.1. The first-order chi connectivity index (χ1) is 11.1. The van der Waals surface area contributed by atoms with Gasteiger partial charge in [-0.2, -0.15) is 0 Å². The zero-order valence-corrected chi connectivity index (χ0v) is 16.2. The predicted octanol–water partition coefficient (Wildman–Crippen LogP) is 2.98. The second-order valence-electron chi connectivity index (χ2n) is 4.98. The molecular weight excluding hydrogens is 431 g/mol. The predicted molar refractivity (Wildman–Crippen MR) is 100 cm³/mol. The summed E-state index contributed by atoms with van der Waals surface area (Å²) in [6.07, 6.45) is 2.95. The Morgan fingerprint density at radius 1 is 1.21 bits per heavy atom. The third kappa shape index (κ3) is 8.99. The van der Waals surface area contributed by atoms with E-state index >= 15 is 0 Å². The van der Waals surface area contributed by atoms with Crippen LogP contribution in [-0.2, 0) is 16.1 Å². The summed E-state index contributed by atoms with van der Waals surface area (Å²) in [4.78, 5) is 15.0. The number of ether oxygens (including phenoxy) is 1. The van der Waals surface area contributed by atoms with Crippen molar-refractivity contribution in [3.8, 4) is 0 Å². The van der Waals surface area contributed by atoms with Crippen molar-refractivity contribution < 1.29 is 18.3 Å². The summed E-state index contributed by atoms with van der Waals surface area (Å²) in [7, 11) is 2.98. The quantitative estimate of drug-likeness (QED) is 0.208. The molecule has 0 aliphatic carbocycles. The molecule has 0 unspecified atom stereocenters. The maximum absolute atomic E-state index is 13.5. The van der Waals surface area contributed by atoms with Crippen molar-refractivity contribution in [3.05, 3.63) is 35.4 Å². The third-order valence-corrected chi connectivity index (χ3v) is 3.26. The van der Waals surface area contributed by atoms with Crippen LogP contribution in [0.25, 0.3) is 0 Å². The molecule has 0 spiro atoms. The van der Waals surface area contributed by atoms with E-state index in [1.54, 1.807) is 7.05 Å². The lowest BCUT2D eigenvalue weighted by Crippen LogP contribution is -2.37. The van der Waals surface area contributed by atoms with Crippen molar-refractivity contribution in [3.63, 3.8) is 0 Å². The lowest BCUT2D eigenvalue weighted by molar-refractivity contribution is -0.140. The first-order valence-electron chi connectivity index (χ1n) is 7.52. The highest BCUT2D eigenvalue weighted by molar-refractivity contribution is 14.0. The van der Waals surface area contributed by atoms with Gasteiger partial charge in [0.25, 0.3) is 0 Å². The van der Waals surface area contributed by atoms with Crippen LogP contribution in [0.1, 0.15) is 31.2 Å². The number of unbranched alkanes of at least 4 members (excludes halogenated alkanes) is 2. The van der Waals surface area contributed by atoms with E-state index in [1.807, 2.05) is 0 Å². The van der Waals surface area contributed by atoms with Gasteiger partial charge in [0.2, 0.25) is 0 Å². The number of hydrogen-bond donors (Lipinski definition) is 2. The van der Waals surface area contributed by atoms with Gasteiger partial charge in [-0.05, 0) is 31.0 Å². The van der Waals surface area contributed by atoms with Crippen LogP contribution in [0.5, 0.6) is 0 Å². The Labute approximate surface area is 158 Å². The fraction of sp³-hybridized carbons (Fsp3) is 0.500. The average Bonchev–Trinajstić information content (AvgIpc) is 2.56. The van der Waals surface area contributed by atoms with Crippen LogP contribution >= 0.6 is 24.0 Å². The van der Waals surface area contributed by atoms with Gasteiger partial charge in [-0.15, -0.1) is 24.0 Å². The maximum Gasteiger partial charge on any atom is 0.305 e. The molecule has 0 aliphatic heterocycles. The summed E-state index contributed by atoms with van der Waals surface area (Å²) >= 11 is 0. The van der Waals surface area contributed by atoms with Crippen molar-refractivity contribution in [1.29, 1.82) is 0 Å². The van der Waals surface area contributed by atoms with Gasteiger partial charge in [-0.1, -0.05) is 6.42 Å². The number of esters is 1. The number of guanidine groups is 1. The van der Waals surface area contributed by atoms with Gasteiger partial charge < -0.3 is 15.4 Å². The van der Waals surface area contributed by atoms with E-state index in [1.165, 1.54) is 7.11 Å². The molecule has 1 aromatic rings. The minimum absolute atomic E-state index is 0. The molecule has 5 nitrogen and oxygen atoms in total. The van der Waals surface area contributed by atoms with Crippen LogP contribution in [0, 0.1) is 11.6 Å². The first kappa shape index (κ1) is 22.6. The smallest absolute Gasteiger partial charge is 0.305 e. The standard InChI is InChI=1S/C16H23F2N3O2.HI/c1-19-16(20-9-5-3-4-6-15(22)23-2)21-11-12-10-13(17)7-8-14(12)18;/h7-8,10H,3-6,9,11H2,1-2H3,(H2,19,20,21);1H. The molecule has 0 radical (unpaired) electrons. The molecule has 0 saturated heterocycles. The minimum atomic E-state index is -0.475. The Morgan fingerprint density at radius 2 is 1.96 bits per heavy atom. The second-order valence-corrected chi connectivity index (χ2v) is 4.98. The van der Waals surface area contributed by atoms with E-state index in [9.17, 15) is 13.6 Å². The van der Waals surface area contributed by atoms with E-state index in [2.05, 4.69) is 20.4 Å². The van der Waals surface area contributed by atoms with Crippen molar-refractivity contribution in [2.45, 2.75) is 32.2 Å². The van der Waals surface area contributed by atoms with E-state index < -0.39 is 11.6 Å². The first-order valence-corrected chi connectivity index (χ1v) is 7.52. The normalized spacial score (nSPS) is 10.8. The van der Waals surface area contributed by atoms with Gasteiger partial charge in [0.05, 0.1) is 7.11 Å². The molecule has 0 atom stereocenters. The highest BCUT2D eigenvalue weighted by Gasteiger charge is 2.05. The highest BCUT2D eigenvalue weighted by atomic mass is 127. The largest absolute Gasteiger partial charge is 0.469 e. The van der Waals surface area contributed by atoms with Gasteiger partial charge in [0, 0.05) is 32.1 Å². The number of nitrogens with one attached hydrogen (secondary N) is 2.